The minimum atomic E-state index is -0.0137. The van der Waals surface area contributed by atoms with Gasteiger partial charge in [0.05, 0.1) is 17.6 Å². The third-order valence-electron chi connectivity index (χ3n) is 5.56. The normalized spacial score (nSPS) is 15.2. The molecule has 7 nitrogen and oxygen atoms in total. The van der Waals surface area contributed by atoms with Gasteiger partial charge in [0.1, 0.15) is 5.82 Å². The maximum Gasteiger partial charge on any atom is 0.225 e. The van der Waals surface area contributed by atoms with Crippen molar-refractivity contribution in [3.05, 3.63) is 35.3 Å². The second-order valence-corrected chi connectivity index (χ2v) is 8.47. The number of pyridine rings is 1. The molecule has 0 atom stereocenters. The predicted molar refractivity (Wildman–Crippen MR) is 117 cm³/mol. The van der Waals surface area contributed by atoms with Crippen molar-refractivity contribution < 1.29 is 4.79 Å². The molecule has 2 aromatic heterocycles. The molecule has 158 valence electrons. The molecule has 1 N–H and O–H groups in total. The molecule has 29 heavy (non-hydrogen) atoms. The van der Waals surface area contributed by atoms with Gasteiger partial charge in [-0.05, 0) is 50.9 Å². The van der Waals surface area contributed by atoms with Crippen LogP contribution in [0.15, 0.2) is 18.3 Å². The molecule has 0 aromatic carbocycles. The highest BCUT2D eigenvalue weighted by Gasteiger charge is 2.16. The maximum absolute atomic E-state index is 12.4. The zero-order valence-corrected chi connectivity index (χ0v) is 18.4. The van der Waals surface area contributed by atoms with E-state index >= 15 is 0 Å². The fourth-order valence-electron chi connectivity index (χ4n) is 3.78. The van der Waals surface area contributed by atoms with Crippen LogP contribution in [0, 0.1) is 19.8 Å². The Bertz CT molecular complexity index is 819. The molecule has 0 bridgehead atoms. The first kappa shape index (κ1) is 21.3. The van der Waals surface area contributed by atoms with Crippen molar-refractivity contribution in [1.29, 1.82) is 0 Å². The Kier molecular flexibility index (Phi) is 6.90. The molecule has 1 aliphatic heterocycles. The number of aromatic nitrogens is 3. The third-order valence-corrected chi connectivity index (χ3v) is 5.56. The van der Waals surface area contributed by atoms with Crippen molar-refractivity contribution in [2.24, 2.45) is 5.92 Å². The van der Waals surface area contributed by atoms with Gasteiger partial charge in [-0.2, -0.15) is 5.10 Å². The summed E-state index contributed by atoms with van der Waals surface area (Å²) in [6.45, 7) is 13.5. The van der Waals surface area contributed by atoms with Gasteiger partial charge in [-0.1, -0.05) is 13.8 Å². The summed E-state index contributed by atoms with van der Waals surface area (Å²) in [5, 5.41) is 7.56. The van der Waals surface area contributed by atoms with Gasteiger partial charge < -0.3 is 15.1 Å². The van der Waals surface area contributed by atoms with Crippen LogP contribution >= 0.6 is 0 Å². The summed E-state index contributed by atoms with van der Waals surface area (Å²) in [4.78, 5) is 21.5. The van der Waals surface area contributed by atoms with E-state index in [-0.39, 0.29) is 5.91 Å². The lowest BCUT2D eigenvalue weighted by Crippen LogP contribution is -2.44. The second-order valence-electron chi connectivity index (χ2n) is 8.47. The fraction of sp³-hybridized carbons (Fsp3) is 0.591. The summed E-state index contributed by atoms with van der Waals surface area (Å²) in [6.07, 6.45) is 2.98. The van der Waals surface area contributed by atoms with Crippen LogP contribution in [0.4, 0.5) is 11.5 Å². The van der Waals surface area contributed by atoms with Gasteiger partial charge in [-0.15, -0.1) is 0 Å². The average Bonchev–Trinajstić information content (AvgIpc) is 2.94. The lowest BCUT2D eigenvalue weighted by molar-refractivity contribution is -0.116. The predicted octanol–water partition coefficient (Wildman–Crippen LogP) is 2.87. The Hall–Kier alpha value is -2.41. The minimum absolute atomic E-state index is 0.0137. The first-order chi connectivity index (χ1) is 13.8. The van der Waals surface area contributed by atoms with Gasteiger partial charge in [0.25, 0.3) is 0 Å². The van der Waals surface area contributed by atoms with E-state index in [1.165, 1.54) is 11.3 Å². The van der Waals surface area contributed by atoms with Crippen LogP contribution in [0.2, 0.25) is 0 Å². The molecule has 0 aliphatic carbocycles. The summed E-state index contributed by atoms with van der Waals surface area (Å²) in [5.74, 6) is 1.14. The van der Waals surface area contributed by atoms with E-state index in [4.69, 9.17) is 0 Å². The number of anilines is 2. The molecule has 1 fully saturated rings. The minimum Gasteiger partial charge on any atom is -0.368 e. The van der Waals surface area contributed by atoms with Crippen LogP contribution < -0.4 is 10.2 Å². The van der Waals surface area contributed by atoms with Crippen molar-refractivity contribution in [3.63, 3.8) is 0 Å². The van der Waals surface area contributed by atoms with Crippen LogP contribution in [0.25, 0.3) is 0 Å². The molecular formula is C22H34N6O. The number of nitrogens with zero attached hydrogens (tertiary/aromatic N) is 5. The van der Waals surface area contributed by atoms with Crippen molar-refractivity contribution in [2.75, 3.05) is 43.4 Å². The highest BCUT2D eigenvalue weighted by Crippen LogP contribution is 2.19. The Morgan fingerprint density at radius 3 is 2.52 bits per heavy atom. The van der Waals surface area contributed by atoms with E-state index in [9.17, 15) is 4.79 Å². The lowest BCUT2D eigenvalue weighted by atomic mass is 10.1. The average molecular weight is 399 g/mol. The highest BCUT2D eigenvalue weighted by atomic mass is 16.1. The smallest absolute Gasteiger partial charge is 0.225 e. The van der Waals surface area contributed by atoms with Crippen molar-refractivity contribution in [3.8, 4) is 0 Å². The van der Waals surface area contributed by atoms with Gasteiger partial charge in [0.15, 0.2) is 0 Å². The number of carbonyl (C=O) groups is 1. The van der Waals surface area contributed by atoms with Gasteiger partial charge in [-0.25, -0.2) is 4.98 Å². The Morgan fingerprint density at radius 1 is 1.17 bits per heavy atom. The third kappa shape index (κ3) is 5.56. The van der Waals surface area contributed by atoms with Gasteiger partial charge in [0.2, 0.25) is 5.91 Å². The van der Waals surface area contributed by atoms with E-state index in [2.05, 4.69) is 57.7 Å². The molecule has 7 heteroatoms. The van der Waals surface area contributed by atoms with E-state index in [0.29, 0.717) is 24.6 Å². The SMILES string of the molecule is Cc1nn(CC(C)C)c(C)c1CCC(=O)Nc1ccc(N2CCN(C)CC2)cn1. The molecule has 0 radical (unpaired) electrons. The van der Waals surface area contributed by atoms with E-state index < -0.39 is 0 Å². The molecule has 0 unspecified atom stereocenters. The van der Waals surface area contributed by atoms with Crippen LogP contribution in [0.5, 0.6) is 0 Å². The number of aryl methyl sites for hydroxylation is 1. The monoisotopic (exact) mass is 398 g/mol. The summed E-state index contributed by atoms with van der Waals surface area (Å²) in [6, 6.07) is 3.93. The number of piperazine rings is 1. The first-order valence-corrected chi connectivity index (χ1v) is 10.6. The second kappa shape index (κ2) is 9.39. The standard InChI is InChI=1S/C22H34N6O/c1-16(2)15-28-18(4)20(17(3)25-28)7-9-22(29)24-21-8-6-19(14-23-21)27-12-10-26(5)11-13-27/h6,8,14,16H,7,9-13,15H2,1-5H3,(H,23,24,29). The zero-order valence-electron chi connectivity index (χ0n) is 18.4. The quantitative estimate of drug-likeness (QED) is 0.777. The van der Waals surface area contributed by atoms with E-state index in [1.807, 2.05) is 25.3 Å². The fourth-order valence-corrected chi connectivity index (χ4v) is 3.78. The van der Waals surface area contributed by atoms with Gasteiger partial charge in [0, 0.05) is 44.8 Å². The topological polar surface area (TPSA) is 66.3 Å². The number of nitrogens with one attached hydrogen (secondary N) is 1. The number of hydrogen-bond donors (Lipinski definition) is 1. The summed E-state index contributed by atoms with van der Waals surface area (Å²) in [7, 11) is 2.15. The maximum atomic E-state index is 12.4. The number of hydrogen-bond acceptors (Lipinski definition) is 5. The van der Waals surface area contributed by atoms with Crippen molar-refractivity contribution in [1.82, 2.24) is 19.7 Å². The molecule has 3 heterocycles. The van der Waals surface area contributed by atoms with Crippen LogP contribution in [0.1, 0.15) is 37.2 Å². The van der Waals surface area contributed by atoms with E-state index in [1.54, 1.807) is 0 Å². The molecular weight excluding hydrogens is 364 g/mol. The Morgan fingerprint density at radius 2 is 1.90 bits per heavy atom. The lowest BCUT2D eigenvalue weighted by Gasteiger charge is -2.33. The number of amides is 1. The van der Waals surface area contributed by atoms with Gasteiger partial charge in [-0.3, -0.25) is 9.48 Å². The summed E-state index contributed by atoms with van der Waals surface area (Å²) < 4.78 is 2.06. The zero-order chi connectivity index (χ0) is 21.0. The van der Waals surface area contributed by atoms with Gasteiger partial charge >= 0.3 is 0 Å². The van der Waals surface area contributed by atoms with Crippen LogP contribution in [0.3, 0.4) is 0 Å². The highest BCUT2D eigenvalue weighted by molar-refractivity contribution is 5.90. The van der Waals surface area contributed by atoms with Crippen molar-refractivity contribution >= 4 is 17.4 Å². The molecule has 3 rings (SSSR count). The first-order valence-electron chi connectivity index (χ1n) is 10.6. The molecule has 1 aliphatic rings. The van der Waals surface area contributed by atoms with Crippen LogP contribution in [-0.4, -0.2) is 58.8 Å². The van der Waals surface area contributed by atoms with E-state index in [0.717, 1.165) is 44.1 Å². The van der Waals surface area contributed by atoms with Crippen molar-refractivity contribution in [2.45, 2.75) is 47.1 Å². The molecule has 1 saturated heterocycles. The Labute approximate surface area is 174 Å². The number of likely N-dealkylation sites (N-methyl/N-ethyl adjacent to an activating group) is 1. The summed E-state index contributed by atoms with van der Waals surface area (Å²) >= 11 is 0. The summed E-state index contributed by atoms with van der Waals surface area (Å²) in [5.41, 5.74) is 4.48. The molecule has 0 saturated carbocycles. The van der Waals surface area contributed by atoms with Crippen LogP contribution in [-0.2, 0) is 17.8 Å². The molecule has 1 amide bonds. The Balaban J connectivity index is 1.53. The molecule has 2 aromatic rings. The number of rotatable bonds is 7. The molecule has 0 spiro atoms. The largest absolute Gasteiger partial charge is 0.368 e. The number of carbonyl (C=O) groups excluding carboxylic acids is 1.